The molecule has 1 saturated heterocycles. The second kappa shape index (κ2) is 9.86. The lowest BCUT2D eigenvalue weighted by molar-refractivity contribution is 0.130. The van der Waals surface area contributed by atoms with E-state index in [0.717, 1.165) is 39.3 Å². The Hall–Kier alpha value is -0.120. The highest BCUT2D eigenvalue weighted by atomic mass is 16.5. The average molecular weight is 242 g/mol. The van der Waals surface area contributed by atoms with E-state index in [4.69, 9.17) is 10.5 Å². The maximum atomic E-state index is 5.91. The van der Waals surface area contributed by atoms with Crippen molar-refractivity contribution in [2.75, 3.05) is 32.8 Å². The van der Waals surface area contributed by atoms with Crippen LogP contribution in [0.5, 0.6) is 0 Å². The van der Waals surface area contributed by atoms with E-state index in [1.54, 1.807) is 0 Å². The van der Waals surface area contributed by atoms with Gasteiger partial charge in [0.1, 0.15) is 0 Å². The monoisotopic (exact) mass is 242 g/mol. The molecule has 0 aromatic rings. The van der Waals surface area contributed by atoms with E-state index < -0.39 is 0 Å². The standard InChI is InChI=1S/C14H30N2O/c1-2-3-4-5-6-8-14(13-15)16-9-7-11-17-12-10-16/h14H,2-13,15H2,1H3. The second-order valence-corrected chi connectivity index (χ2v) is 5.09. The van der Waals surface area contributed by atoms with E-state index in [1.165, 1.54) is 38.5 Å². The largest absolute Gasteiger partial charge is 0.380 e. The van der Waals surface area contributed by atoms with Gasteiger partial charge in [-0.25, -0.2) is 0 Å². The molecule has 0 saturated carbocycles. The number of ether oxygens (including phenoxy) is 1. The van der Waals surface area contributed by atoms with Gasteiger partial charge in [-0.3, -0.25) is 4.90 Å². The van der Waals surface area contributed by atoms with Crippen LogP contribution in [-0.2, 0) is 4.74 Å². The molecule has 1 aliphatic rings. The fraction of sp³-hybridized carbons (Fsp3) is 1.00. The quantitative estimate of drug-likeness (QED) is 0.664. The first kappa shape index (κ1) is 14.9. The summed E-state index contributed by atoms with van der Waals surface area (Å²) in [5, 5.41) is 0. The Morgan fingerprint density at radius 2 is 1.94 bits per heavy atom. The molecule has 0 aliphatic carbocycles. The van der Waals surface area contributed by atoms with Crippen LogP contribution in [0, 0.1) is 0 Å². The van der Waals surface area contributed by atoms with E-state index in [1.807, 2.05) is 0 Å². The van der Waals surface area contributed by atoms with Gasteiger partial charge in [0.25, 0.3) is 0 Å². The summed E-state index contributed by atoms with van der Waals surface area (Å²) in [7, 11) is 0. The summed E-state index contributed by atoms with van der Waals surface area (Å²) < 4.78 is 5.49. The fourth-order valence-electron chi connectivity index (χ4n) is 2.56. The summed E-state index contributed by atoms with van der Waals surface area (Å²) in [6.45, 7) is 7.10. The Balaban J connectivity index is 2.16. The van der Waals surface area contributed by atoms with Gasteiger partial charge in [0.2, 0.25) is 0 Å². The molecule has 0 radical (unpaired) electrons. The van der Waals surface area contributed by atoms with Crippen LogP contribution in [0.4, 0.5) is 0 Å². The van der Waals surface area contributed by atoms with Crippen LogP contribution in [0.2, 0.25) is 0 Å². The maximum absolute atomic E-state index is 5.91. The number of unbranched alkanes of at least 4 members (excludes halogenated alkanes) is 4. The molecule has 0 aromatic heterocycles. The summed E-state index contributed by atoms with van der Waals surface area (Å²) in [5.74, 6) is 0. The van der Waals surface area contributed by atoms with Crippen LogP contribution in [0.1, 0.15) is 51.9 Å². The van der Waals surface area contributed by atoms with E-state index >= 15 is 0 Å². The van der Waals surface area contributed by atoms with Crippen LogP contribution in [-0.4, -0.2) is 43.8 Å². The average Bonchev–Trinajstić information content (AvgIpc) is 2.63. The normalized spacial score (nSPS) is 20.1. The molecule has 1 atom stereocenters. The SMILES string of the molecule is CCCCCCCC(CN)N1CCCOCC1. The van der Waals surface area contributed by atoms with Crippen molar-refractivity contribution >= 4 is 0 Å². The van der Waals surface area contributed by atoms with Gasteiger partial charge >= 0.3 is 0 Å². The van der Waals surface area contributed by atoms with Crippen molar-refractivity contribution in [3.63, 3.8) is 0 Å². The van der Waals surface area contributed by atoms with Gasteiger partial charge in [0.15, 0.2) is 0 Å². The lowest BCUT2D eigenvalue weighted by Gasteiger charge is -2.29. The molecule has 3 heteroatoms. The Morgan fingerprint density at radius 3 is 2.71 bits per heavy atom. The molecular formula is C14H30N2O. The first-order chi connectivity index (χ1) is 8.38. The lowest BCUT2D eigenvalue weighted by atomic mass is 10.0. The minimum absolute atomic E-state index is 0.582. The number of rotatable bonds is 8. The van der Waals surface area contributed by atoms with Crippen molar-refractivity contribution in [3.05, 3.63) is 0 Å². The van der Waals surface area contributed by atoms with E-state index in [-0.39, 0.29) is 0 Å². The molecule has 2 N–H and O–H groups in total. The zero-order chi connectivity index (χ0) is 12.3. The zero-order valence-corrected chi connectivity index (χ0v) is 11.5. The Kier molecular flexibility index (Phi) is 8.67. The zero-order valence-electron chi connectivity index (χ0n) is 11.5. The highest BCUT2D eigenvalue weighted by molar-refractivity contribution is 4.74. The van der Waals surface area contributed by atoms with Gasteiger partial charge < -0.3 is 10.5 Å². The third-order valence-electron chi connectivity index (χ3n) is 3.69. The van der Waals surface area contributed by atoms with Gasteiger partial charge in [-0.2, -0.15) is 0 Å². The molecule has 0 spiro atoms. The molecule has 0 bridgehead atoms. The smallest absolute Gasteiger partial charge is 0.0593 e. The third kappa shape index (κ3) is 6.39. The topological polar surface area (TPSA) is 38.5 Å². The lowest BCUT2D eigenvalue weighted by Crippen LogP contribution is -2.42. The van der Waals surface area contributed by atoms with E-state index in [2.05, 4.69) is 11.8 Å². The summed E-state index contributed by atoms with van der Waals surface area (Å²) in [5.41, 5.74) is 5.91. The fourth-order valence-corrected chi connectivity index (χ4v) is 2.56. The first-order valence-electron chi connectivity index (χ1n) is 7.40. The van der Waals surface area contributed by atoms with Crippen LogP contribution in [0.25, 0.3) is 0 Å². The van der Waals surface area contributed by atoms with Gasteiger partial charge in [0, 0.05) is 32.3 Å². The van der Waals surface area contributed by atoms with Gasteiger partial charge in [-0.05, 0) is 12.8 Å². The van der Waals surface area contributed by atoms with Crippen LogP contribution < -0.4 is 5.73 Å². The van der Waals surface area contributed by atoms with Gasteiger partial charge in [-0.15, -0.1) is 0 Å². The number of nitrogens with two attached hydrogens (primary N) is 1. The Bertz CT molecular complexity index is 168. The van der Waals surface area contributed by atoms with Gasteiger partial charge in [-0.1, -0.05) is 39.0 Å². The number of hydrogen-bond donors (Lipinski definition) is 1. The summed E-state index contributed by atoms with van der Waals surface area (Å²) in [4.78, 5) is 2.53. The summed E-state index contributed by atoms with van der Waals surface area (Å²) in [6.07, 6.45) is 9.21. The van der Waals surface area contributed by atoms with Crippen molar-refractivity contribution in [2.45, 2.75) is 57.9 Å². The molecule has 1 aliphatic heterocycles. The summed E-state index contributed by atoms with van der Waals surface area (Å²) in [6, 6.07) is 0.582. The molecule has 102 valence electrons. The molecule has 1 unspecified atom stereocenters. The molecule has 0 aromatic carbocycles. The molecule has 3 nitrogen and oxygen atoms in total. The van der Waals surface area contributed by atoms with Gasteiger partial charge in [0.05, 0.1) is 6.61 Å². The summed E-state index contributed by atoms with van der Waals surface area (Å²) >= 11 is 0. The Labute approximate surface area is 107 Å². The van der Waals surface area contributed by atoms with Crippen LogP contribution in [0.15, 0.2) is 0 Å². The number of nitrogens with zero attached hydrogens (tertiary/aromatic N) is 1. The van der Waals surface area contributed by atoms with Crippen molar-refractivity contribution in [2.24, 2.45) is 5.73 Å². The van der Waals surface area contributed by atoms with E-state index in [9.17, 15) is 0 Å². The predicted molar refractivity (Wildman–Crippen MR) is 73.2 cm³/mol. The van der Waals surface area contributed by atoms with Crippen LogP contribution in [0.3, 0.4) is 0 Å². The third-order valence-corrected chi connectivity index (χ3v) is 3.69. The molecule has 1 rings (SSSR count). The molecular weight excluding hydrogens is 212 g/mol. The van der Waals surface area contributed by atoms with Crippen molar-refractivity contribution in [1.29, 1.82) is 0 Å². The molecule has 0 amide bonds. The van der Waals surface area contributed by atoms with Crippen molar-refractivity contribution in [3.8, 4) is 0 Å². The second-order valence-electron chi connectivity index (χ2n) is 5.09. The first-order valence-corrected chi connectivity index (χ1v) is 7.40. The van der Waals surface area contributed by atoms with Crippen molar-refractivity contribution in [1.82, 2.24) is 4.90 Å². The number of hydrogen-bond acceptors (Lipinski definition) is 3. The van der Waals surface area contributed by atoms with Crippen LogP contribution >= 0.6 is 0 Å². The van der Waals surface area contributed by atoms with E-state index in [0.29, 0.717) is 6.04 Å². The van der Waals surface area contributed by atoms with Crippen molar-refractivity contribution < 1.29 is 4.74 Å². The Morgan fingerprint density at radius 1 is 1.12 bits per heavy atom. The molecule has 17 heavy (non-hydrogen) atoms. The highest BCUT2D eigenvalue weighted by Gasteiger charge is 2.17. The maximum Gasteiger partial charge on any atom is 0.0593 e. The minimum Gasteiger partial charge on any atom is -0.380 e. The molecule has 1 heterocycles. The highest BCUT2D eigenvalue weighted by Crippen LogP contribution is 2.13. The predicted octanol–water partition coefficient (Wildman–Crippen LogP) is 2.40. The minimum atomic E-state index is 0.582. The molecule has 1 fully saturated rings.